The molecule has 1 atom stereocenters. The molecule has 5 nitrogen and oxygen atoms in total. The fourth-order valence-electron chi connectivity index (χ4n) is 2.65. The number of ether oxygens (including phenoxy) is 1. The van der Waals surface area contributed by atoms with Crippen LogP contribution in [0, 0.1) is 5.82 Å². The van der Waals surface area contributed by atoms with Crippen LogP contribution in [0.2, 0.25) is 0 Å². The van der Waals surface area contributed by atoms with Gasteiger partial charge < -0.3 is 15.4 Å². The first kappa shape index (κ1) is 17.0. The van der Waals surface area contributed by atoms with Gasteiger partial charge in [-0.1, -0.05) is 18.2 Å². The van der Waals surface area contributed by atoms with Crippen LogP contribution >= 0.6 is 0 Å². The Morgan fingerprint density at radius 1 is 1.24 bits per heavy atom. The van der Waals surface area contributed by atoms with E-state index in [1.165, 1.54) is 12.1 Å². The van der Waals surface area contributed by atoms with Gasteiger partial charge in [-0.25, -0.2) is 4.39 Å². The van der Waals surface area contributed by atoms with E-state index >= 15 is 0 Å². The van der Waals surface area contributed by atoms with Crippen molar-refractivity contribution >= 4 is 11.8 Å². The Balaban J connectivity index is 1.58. The number of hydrogen-bond acceptors (Lipinski definition) is 3. The summed E-state index contributed by atoms with van der Waals surface area (Å²) in [6, 6.07) is 13.0. The first-order valence-corrected chi connectivity index (χ1v) is 8.15. The maximum atomic E-state index is 13.2. The fourth-order valence-corrected chi connectivity index (χ4v) is 2.65. The maximum absolute atomic E-state index is 13.2. The minimum Gasteiger partial charge on any atom is -0.489 e. The zero-order valence-corrected chi connectivity index (χ0v) is 13.6. The standard InChI is InChI=1S/C19H19FN2O3/c20-15-5-2-6-17(10-15)25-12-13-3-1-4-14(9-13)19(24)22-16-7-8-18(23)21-11-16/h1-6,9-10,16H,7-8,11-12H2,(H,21,23)(H,22,24)/t16-/m0/s1. The molecule has 2 amide bonds. The van der Waals surface area contributed by atoms with E-state index < -0.39 is 0 Å². The Bertz CT molecular complexity index is 769. The molecule has 1 aliphatic rings. The number of halogens is 1. The summed E-state index contributed by atoms with van der Waals surface area (Å²) in [5.74, 6) is -0.0891. The molecular weight excluding hydrogens is 323 g/mol. The van der Waals surface area contributed by atoms with Gasteiger partial charge in [0, 0.05) is 30.6 Å². The van der Waals surface area contributed by atoms with Crippen molar-refractivity contribution < 1.29 is 18.7 Å². The van der Waals surface area contributed by atoms with E-state index in [-0.39, 0.29) is 30.3 Å². The highest BCUT2D eigenvalue weighted by Gasteiger charge is 2.20. The van der Waals surface area contributed by atoms with E-state index in [9.17, 15) is 14.0 Å². The number of carbonyl (C=O) groups is 2. The van der Waals surface area contributed by atoms with Gasteiger partial charge in [0.25, 0.3) is 5.91 Å². The molecule has 1 aliphatic heterocycles. The third kappa shape index (κ3) is 4.79. The summed E-state index contributed by atoms with van der Waals surface area (Å²) in [4.78, 5) is 23.5. The van der Waals surface area contributed by atoms with Crippen molar-refractivity contribution in [3.63, 3.8) is 0 Å². The summed E-state index contributed by atoms with van der Waals surface area (Å²) in [5, 5.41) is 5.66. The summed E-state index contributed by atoms with van der Waals surface area (Å²) in [7, 11) is 0. The molecule has 0 bridgehead atoms. The Morgan fingerprint density at radius 2 is 2.08 bits per heavy atom. The minimum atomic E-state index is -0.356. The largest absolute Gasteiger partial charge is 0.489 e. The Kier molecular flexibility index (Phi) is 5.28. The van der Waals surface area contributed by atoms with E-state index in [0.717, 1.165) is 5.56 Å². The number of carbonyl (C=O) groups excluding carboxylic acids is 2. The quantitative estimate of drug-likeness (QED) is 0.877. The molecule has 25 heavy (non-hydrogen) atoms. The molecule has 3 rings (SSSR count). The Labute approximate surface area is 145 Å². The second-order valence-electron chi connectivity index (χ2n) is 5.96. The summed E-state index contributed by atoms with van der Waals surface area (Å²) >= 11 is 0. The van der Waals surface area contributed by atoms with Gasteiger partial charge in [0.1, 0.15) is 18.2 Å². The number of benzene rings is 2. The number of hydrogen-bond donors (Lipinski definition) is 2. The fraction of sp³-hybridized carbons (Fsp3) is 0.263. The van der Waals surface area contributed by atoms with E-state index in [1.54, 1.807) is 30.3 Å². The van der Waals surface area contributed by atoms with E-state index in [0.29, 0.717) is 30.7 Å². The second kappa shape index (κ2) is 7.79. The molecule has 1 heterocycles. The molecule has 2 aromatic rings. The number of amides is 2. The van der Waals surface area contributed by atoms with Crippen molar-refractivity contribution in [3.8, 4) is 5.75 Å². The van der Waals surface area contributed by atoms with E-state index in [1.807, 2.05) is 6.07 Å². The SMILES string of the molecule is O=C1CC[C@H](NC(=O)c2cccc(COc3cccc(F)c3)c2)CN1. The lowest BCUT2D eigenvalue weighted by Gasteiger charge is -2.23. The highest BCUT2D eigenvalue weighted by atomic mass is 19.1. The number of nitrogens with one attached hydrogen (secondary N) is 2. The normalized spacial score (nSPS) is 16.8. The van der Waals surface area contributed by atoms with Crippen molar-refractivity contribution in [1.29, 1.82) is 0 Å². The van der Waals surface area contributed by atoms with Crippen LogP contribution in [-0.4, -0.2) is 24.4 Å². The maximum Gasteiger partial charge on any atom is 0.251 e. The van der Waals surface area contributed by atoms with Crippen molar-refractivity contribution in [1.82, 2.24) is 10.6 Å². The molecule has 1 saturated heterocycles. The highest BCUT2D eigenvalue weighted by Crippen LogP contribution is 2.15. The molecule has 2 aromatic carbocycles. The average Bonchev–Trinajstić information content (AvgIpc) is 2.62. The first-order chi connectivity index (χ1) is 12.1. The lowest BCUT2D eigenvalue weighted by Crippen LogP contribution is -2.47. The van der Waals surface area contributed by atoms with Crippen LogP contribution in [0.5, 0.6) is 5.75 Å². The van der Waals surface area contributed by atoms with Crippen LogP contribution in [0.4, 0.5) is 4.39 Å². The lowest BCUT2D eigenvalue weighted by molar-refractivity contribution is -0.122. The van der Waals surface area contributed by atoms with Gasteiger partial charge in [-0.15, -0.1) is 0 Å². The van der Waals surface area contributed by atoms with Gasteiger partial charge in [-0.2, -0.15) is 0 Å². The van der Waals surface area contributed by atoms with Crippen LogP contribution < -0.4 is 15.4 Å². The summed E-state index contributed by atoms with van der Waals surface area (Å²) in [6.45, 7) is 0.691. The van der Waals surface area contributed by atoms with Gasteiger partial charge in [-0.3, -0.25) is 9.59 Å². The molecule has 0 spiro atoms. The molecule has 0 radical (unpaired) electrons. The number of piperidine rings is 1. The van der Waals surface area contributed by atoms with Gasteiger partial charge in [-0.05, 0) is 36.2 Å². The predicted octanol–water partition coefficient (Wildman–Crippen LogP) is 2.41. The minimum absolute atomic E-state index is 0.0157. The lowest BCUT2D eigenvalue weighted by atomic mass is 10.1. The number of rotatable bonds is 5. The zero-order chi connectivity index (χ0) is 17.6. The van der Waals surface area contributed by atoms with Gasteiger partial charge in [0.15, 0.2) is 0 Å². The van der Waals surface area contributed by atoms with Crippen LogP contribution in [0.3, 0.4) is 0 Å². The molecule has 0 unspecified atom stereocenters. The zero-order valence-electron chi connectivity index (χ0n) is 13.6. The smallest absolute Gasteiger partial charge is 0.251 e. The topological polar surface area (TPSA) is 67.4 Å². The molecule has 2 N–H and O–H groups in total. The summed E-state index contributed by atoms with van der Waals surface area (Å²) in [6.07, 6.45) is 1.06. The van der Waals surface area contributed by atoms with Crippen molar-refractivity contribution in [3.05, 3.63) is 65.5 Å². The van der Waals surface area contributed by atoms with Gasteiger partial charge >= 0.3 is 0 Å². The van der Waals surface area contributed by atoms with Gasteiger partial charge in [0.2, 0.25) is 5.91 Å². The third-order valence-electron chi connectivity index (χ3n) is 3.99. The van der Waals surface area contributed by atoms with Crippen LogP contribution in [-0.2, 0) is 11.4 Å². The molecule has 0 saturated carbocycles. The first-order valence-electron chi connectivity index (χ1n) is 8.15. The molecule has 1 fully saturated rings. The predicted molar refractivity (Wildman–Crippen MR) is 90.7 cm³/mol. The summed E-state index contributed by atoms with van der Waals surface area (Å²) < 4.78 is 18.7. The molecule has 0 aromatic heterocycles. The van der Waals surface area contributed by atoms with E-state index in [4.69, 9.17) is 4.74 Å². The molecular formula is C19H19FN2O3. The Hall–Kier alpha value is -2.89. The van der Waals surface area contributed by atoms with E-state index in [2.05, 4.69) is 10.6 Å². The van der Waals surface area contributed by atoms with Crippen LogP contribution in [0.15, 0.2) is 48.5 Å². The second-order valence-corrected chi connectivity index (χ2v) is 5.96. The van der Waals surface area contributed by atoms with Crippen molar-refractivity contribution in [2.75, 3.05) is 6.54 Å². The van der Waals surface area contributed by atoms with Gasteiger partial charge in [0.05, 0.1) is 0 Å². The van der Waals surface area contributed by atoms with Crippen molar-refractivity contribution in [2.45, 2.75) is 25.5 Å². The molecule has 130 valence electrons. The van der Waals surface area contributed by atoms with Crippen molar-refractivity contribution in [2.24, 2.45) is 0 Å². The highest BCUT2D eigenvalue weighted by molar-refractivity contribution is 5.94. The third-order valence-corrected chi connectivity index (χ3v) is 3.99. The summed E-state index contributed by atoms with van der Waals surface area (Å²) in [5.41, 5.74) is 1.34. The monoisotopic (exact) mass is 342 g/mol. The van der Waals surface area contributed by atoms with Crippen LogP contribution in [0.25, 0.3) is 0 Å². The molecule has 6 heteroatoms. The van der Waals surface area contributed by atoms with Crippen LogP contribution in [0.1, 0.15) is 28.8 Å². The molecule has 0 aliphatic carbocycles. The Morgan fingerprint density at radius 3 is 2.84 bits per heavy atom. The average molecular weight is 342 g/mol.